The quantitative estimate of drug-likeness (QED) is 0.846. The number of sulfonamides is 1. The van der Waals surface area contributed by atoms with Gasteiger partial charge in [0.1, 0.15) is 5.75 Å². The third-order valence-corrected chi connectivity index (χ3v) is 7.24. The van der Waals surface area contributed by atoms with Crippen molar-refractivity contribution in [2.75, 3.05) is 33.8 Å². The summed E-state index contributed by atoms with van der Waals surface area (Å²) in [4.78, 5) is 2.69. The lowest BCUT2D eigenvalue weighted by molar-refractivity contribution is 0.168. The van der Waals surface area contributed by atoms with Crippen LogP contribution in [-0.4, -0.2) is 57.5 Å². The fraction of sp³-hybridized carbons (Fsp3) is 0.647. The molecule has 0 radical (unpaired) electrons. The maximum atomic E-state index is 13.2. The average molecular weight is 338 g/mol. The predicted molar refractivity (Wildman–Crippen MR) is 90.4 cm³/mol. The first-order chi connectivity index (χ1) is 10.8. The molecule has 4 rings (SSSR count). The van der Waals surface area contributed by atoms with Crippen molar-refractivity contribution in [1.29, 1.82) is 0 Å². The zero-order valence-corrected chi connectivity index (χ0v) is 15.2. The summed E-state index contributed by atoms with van der Waals surface area (Å²) in [6.45, 7) is 6.00. The van der Waals surface area contributed by atoms with Gasteiger partial charge in [-0.25, -0.2) is 8.42 Å². The maximum absolute atomic E-state index is 13.2. The van der Waals surface area contributed by atoms with E-state index in [0.717, 1.165) is 30.5 Å². The van der Waals surface area contributed by atoms with E-state index in [1.807, 2.05) is 19.9 Å². The van der Waals surface area contributed by atoms with Crippen molar-refractivity contribution in [2.45, 2.75) is 37.6 Å². The molecule has 2 atom stereocenters. The Labute approximate surface area is 139 Å². The van der Waals surface area contributed by atoms with Gasteiger partial charge >= 0.3 is 0 Å². The van der Waals surface area contributed by atoms with Crippen molar-refractivity contribution in [3.63, 3.8) is 0 Å². The highest BCUT2D eigenvalue weighted by atomic mass is 32.2. The molecule has 3 aliphatic heterocycles. The lowest BCUT2D eigenvalue weighted by Gasteiger charge is -2.32. The Kier molecular flexibility index (Phi) is 4.42. The lowest BCUT2D eigenvalue weighted by Crippen LogP contribution is -2.42. The zero-order chi connectivity index (χ0) is 16.8. The van der Waals surface area contributed by atoms with Crippen LogP contribution >= 0.6 is 0 Å². The van der Waals surface area contributed by atoms with E-state index in [9.17, 15) is 8.42 Å². The molecule has 0 aromatic heterocycles. The fourth-order valence-corrected chi connectivity index (χ4v) is 5.70. The van der Waals surface area contributed by atoms with Crippen LogP contribution in [0.2, 0.25) is 0 Å². The molecule has 3 heterocycles. The van der Waals surface area contributed by atoms with Gasteiger partial charge in [0.2, 0.25) is 10.0 Å². The number of benzene rings is 1. The summed E-state index contributed by atoms with van der Waals surface area (Å²) in [5.74, 6) is 1.06. The number of hydrogen-bond acceptors (Lipinski definition) is 4. The van der Waals surface area contributed by atoms with Crippen molar-refractivity contribution in [3.05, 3.63) is 23.3 Å². The Bertz CT molecular complexity index is 702. The molecule has 1 aromatic rings. The lowest BCUT2D eigenvalue weighted by atomic mass is 9.96. The van der Waals surface area contributed by atoms with E-state index >= 15 is 0 Å². The molecule has 128 valence electrons. The summed E-state index contributed by atoms with van der Waals surface area (Å²) in [7, 11) is 0.195. The molecular formula is C17H26N2O3S. The normalized spacial score (nSPS) is 26.3. The molecule has 3 aliphatic rings. The van der Waals surface area contributed by atoms with Gasteiger partial charge in [-0.1, -0.05) is 6.07 Å². The van der Waals surface area contributed by atoms with Crippen LogP contribution in [0.4, 0.5) is 0 Å². The fourth-order valence-electron chi connectivity index (χ4n) is 3.92. The van der Waals surface area contributed by atoms with Gasteiger partial charge in [-0.2, -0.15) is 4.31 Å². The Morgan fingerprint density at radius 2 is 1.83 bits per heavy atom. The van der Waals surface area contributed by atoms with Gasteiger partial charge in [0.15, 0.2) is 0 Å². The van der Waals surface area contributed by atoms with Crippen molar-refractivity contribution in [3.8, 4) is 5.75 Å². The van der Waals surface area contributed by atoms with Gasteiger partial charge in [-0.3, -0.25) is 0 Å². The van der Waals surface area contributed by atoms with Crippen molar-refractivity contribution >= 4 is 10.0 Å². The van der Waals surface area contributed by atoms with Crippen LogP contribution in [0.15, 0.2) is 17.0 Å². The molecule has 3 fully saturated rings. The van der Waals surface area contributed by atoms with E-state index in [2.05, 4.69) is 11.9 Å². The zero-order valence-electron chi connectivity index (χ0n) is 14.4. The smallest absolute Gasteiger partial charge is 0.243 e. The highest BCUT2D eigenvalue weighted by molar-refractivity contribution is 7.89. The van der Waals surface area contributed by atoms with Gasteiger partial charge in [0.25, 0.3) is 0 Å². The van der Waals surface area contributed by atoms with E-state index < -0.39 is 10.0 Å². The molecule has 6 heteroatoms. The SMILES string of the molecule is COc1cc(S(=O)(=O)N2C[C@@H]3CC[C@H](C2)N(C)C3)c(C)cc1C. The van der Waals surface area contributed by atoms with Gasteiger partial charge in [0, 0.05) is 31.7 Å². The number of nitrogens with zero attached hydrogens (tertiary/aromatic N) is 2. The number of methoxy groups -OCH3 is 1. The number of likely N-dealkylation sites (N-methyl/N-ethyl adjacent to an activating group) is 1. The summed E-state index contributed by atoms with van der Waals surface area (Å²) in [6, 6.07) is 3.90. The number of piperidine rings is 1. The minimum atomic E-state index is -3.49. The van der Waals surface area contributed by atoms with E-state index in [1.165, 1.54) is 0 Å². The Balaban J connectivity index is 1.99. The number of aryl methyl sites for hydroxylation is 2. The third kappa shape index (κ3) is 2.99. The highest BCUT2D eigenvalue weighted by Gasteiger charge is 2.38. The average Bonchev–Trinajstić information content (AvgIpc) is 2.79. The van der Waals surface area contributed by atoms with Crippen LogP contribution in [-0.2, 0) is 10.0 Å². The summed E-state index contributed by atoms with van der Waals surface area (Å²) >= 11 is 0. The standard InChI is InChI=1S/C17H26N2O3S/c1-12-7-13(2)17(8-16(12)22-4)23(20,21)19-10-14-5-6-15(11-19)18(3)9-14/h7-8,14-15H,5-6,9-11H2,1-4H3/t14-,15-/m1/s1. The molecule has 0 saturated carbocycles. The Morgan fingerprint density at radius 1 is 1.09 bits per heavy atom. The van der Waals surface area contributed by atoms with E-state index in [4.69, 9.17) is 4.74 Å². The first kappa shape index (κ1) is 16.7. The molecule has 1 aromatic carbocycles. The largest absolute Gasteiger partial charge is 0.496 e. The second kappa shape index (κ2) is 6.07. The molecule has 0 amide bonds. The first-order valence-corrected chi connectivity index (χ1v) is 9.62. The van der Waals surface area contributed by atoms with Crippen LogP contribution in [0.3, 0.4) is 0 Å². The molecule has 0 aliphatic carbocycles. The summed E-state index contributed by atoms with van der Waals surface area (Å²) < 4.78 is 33.5. The molecule has 3 saturated heterocycles. The summed E-state index contributed by atoms with van der Waals surface area (Å²) in [5.41, 5.74) is 1.74. The van der Waals surface area contributed by atoms with Crippen LogP contribution in [0.25, 0.3) is 0 Å². The monoisotopic (exact) mass is 338 g/mol. The van der Waals surface area contributed by atoms with E-state index in [0.29, 0.717) is 35.7 Å². The number of hydrogen-bond donors (Lipinski definition) is 0. The first-order valence-electron chi connectivity index (χ1n) is 8.18. The van der Waals surface area contributed by atoms with Gasteiger partial charge < -0.3 is 9.64 Å². The number of rotatable bonds is 3. The van der Waals surface area contributed by atoms with Crippen molar-refractivity contribution in [2.24, 2.45) is 5.92 Å². The Hall–Kier alpha value is -1.11. The van der Waals surface area contributed by atoms with Gasteiger partial charge in [-0.05, 0) is 50.8 Å². The van der Waals surface area contributed by atoms with Gasteiger partial charge in [-0.15, -0.1) is 0 Å². The van der Waals surface area contributed by atoms with Crippen molar-refractivity contribution < 1.29 is 13.2 Å². The predicted octanol–water partition coefficient (Wildman–Crippen LogP) is 2.03. The summed E-state index contributed by atoms with van der Waals surface area (Å²) in [5, 5.41) is 0. The third-order valence-electron chi connectivity index (χ3n) is 5.26. The topological polar surface area (TPSA) is 49.9 Å². The molecule has 23 heavy (non-hydrogen) atoms. The maximum Gasteiger partial charge on any atom is 0.243 e. The minimum absolute atomic E-state index is 0.330. The van der Waals surface area contributed by atoms with Crippen LogP contribution in [0.5, 0.6) is 5.75 Å². The van der Waals surface area contributed by atoms with E-state index in [-0.39, 0.29) is 0 Å². The van der Waals surface area contributed by atoms with Crippen LogP contribution in [0.1, 0.15) is 24.0 Å². The minimum Gasteiger partial charge on any atom is -0.496 e. The molecular weight excluding hydrogens is 312 g/mol. The molecule has 0 N–H and O–H groups in total. The van der Waals surface area contributed by atoms with Crippen LogP contribution in [0, 0.1) is 19.8 Å². The van der Waals surface area contributed by atoms with Crippen molar-refractivity contribution in [1.82, 2.24) is 9.21 Å². The molecule has 0 unspecified atom stereocenters. The van der Waals surface area contributed by atoms with E-state index in [1.54, 1.807) is 17.5 Å². The molecule has 2 bridgehead atoms. The van der Waals surface area contributed by atoms with Gasteiger partial charge in [0.05, 0.1) is 12.0 Å². The highest BCUT2D eigenvalue weighted by Crippen LogP contribution is 2.33. The Morgan fingerprint density at radius 3 is 2.48 bits per heavy atom. The molecule has 0 spiro atoms. The second-order valence-electron chi connectivity index (χ2n) is 6.95. The number of fused-ring (bicyclic) bond motifs is 4. The number of ether oxygens (including phenoxy) is 1. The van der Waals surface area contributed by atoms with Crippen LogP contribution < -0.4 is 4.74 Å². The summed E-state index contributed by atoms with van der Waals surface area (Å²) in [6.07, 6.45) is 2.21. The second-order valence-corrected chi connectivity index (χ2v) is 8.85. The molecule has 5 nitrogen and oxygen atoms in total.